The number of carbonyl (C=O) groups excluding carboxylic acids is 2. The number of carbonyl (C=O) groups is 2. The van der Waals surface area contributed by atoms with E-state index in [1.165, 1.54) is 25.3 Å². The summed E-state index contributed by atoms with van der Waals surface area (Å²) in [6, 6.07) is 10.9. The first-order chi connectivity index (χ1) is 14.4. The molecule has 0 heterocycles. The Morgan fingerprint density at radius 1 is 0.967 bits per heavy atom. The summed E-state index contributed by atoms with van der Waals surface area (Å²) in [5.74, 6) is -0.776. The molecule has 2 aromatic carbocycles. The molecule has 160 valence electrons. The lowest BCUT2D eigenvalue weighted by molar-refractivity contribution is -0.757. The fourth-order valence-corrected chi connectivity index (χ4v) is 2.66. The summed E-state index contributed by atoms with van der Waals surface area (Å²) in [6.07, 6.45) is 1.65. The first-order valence-corrected chi connectivity index (χ1v) is 9.49. The Bertz CT molecular complexity index is 902. The Balaban J connectivity index is 1.89. The molecule has 0 N–H and O–H groups in total. The van der Waals surface area contributed by atoms with Crippen molar-refractivity contribution in [2.75, 3.05) is 20.3 Å². The van der Waals surface area contributed by atoms with E-state index < -0.39 is 17.0 Å². The van der Waals surface area contributed by atoms with E-state index in [9.17, 15) is 19.7 Å². The molecule has 30 heavy (non-hydrogen) atoms. The molecule has 0 aromatic heterocycles. The summed E-state index contributed by atoms with van der Waals surface area (Å²) in [5.41, 5.74) is 0.567. The number of methoxy groups -OCH3 is 1. The highest BCUT2D eigenvalue weighted by Gasteiger charge is 2.16. The van der Waals surface area contributed by atoms with Crippen LogP contribution in [-0.2, 0) is 9.57 Å². The normalized spacial score (nSPS) is 10.2. The Morgan fingerprint density at radius 3 is 2.40 bits per heavy atom. The van der Waals surface area contributed by atoms with Crippen molar-refractivity contribution in [2.45, 2.75) is 24.2 Å². The zero-order chi connectivity index (χ0) is 21.9. The molecule has 0 amide bonds. The lowest BCUT2D eigenvalue weighted by Gasteiger charge is -2.11. The van der Waals surface area contributed by atoms with Gasteiger partial charge in [-0.15, -0.1) is 22.7 Å². The van der Waals surface area contributed by atoms with Crippen LogP contribution >= 0.6 is 12.6 Å². The van der Waals surface area contributed by atoms with Gasteiger partial charge in [0, 0.05) is 4.90 Å². The molecule has 2 aromatic rings. The van der Waals surface area contributed by atoms with Crippen LogP contribution in [0.3, 0.4) is 0 Å². The van der Waals surface area contributed by atoms with Gasteiger partial charge in [-0.25, -0.2) is 9.59 Å². The van der Waals surface area contributed by atoms with E-state index in [1.807, 2.05) is 0 Å². The maximum atomic E-state index is 12.3. The number of rotatable bonds is 11. The third-order valence-electron chi connectivity index (χ3n) is 3.90. The Hall–Kier alpha value is -3.27. The number of benzene rings is 2. The highest BCUT2D eigenvalue weighted by molar-refractivity contribution is 7.80. The largest absolute Gasteiger partial charge is 0.493 e. The predicted octanol–water partition coefficient (Wildman–Crippen LogP) is 3.74. The molecule has 0 atom stereocenters. The van der Waals surface area contributed by atoms with Gasteiger partial charge in [-0.2, -0.15) is 0 Å². The van der Waals surface area contributed by atoms with E-state index in [-0.39, 0.29) is 30.3 Å². The molecule has 0 unspecified atom stereocenters. The summed E-state index contributed by atoms with van der Waals surface area (Å²) >= 11 is 4.19. The maximum absolute atomic E-state index is 12.3. The standard InChI is InChI=1S/C20H21NO8S/c1-26-18-13-15(19(22)27-10-3-2-4-11-28-21(24)25)8-9-17(18)29-20(23)14-6-5-7-16(30)12-14/h5-9,12-13,30H,2-4,10-11H2,1H3. The molecule has 0 aliphatic heterocycles. The number of hydrogen-bond donors (Lipinski definition) is 1. The second-order valence-corrected chi connectivity index (χ2v) is 6.58. The van der Waals surface area contributed by atoms with Crippen molar-refractivity contribution < 1.29 is 33.7 Å². The van der Waals surface area contributed by atoms with E-state index in [0.29, 0.717) is 29.7 Å². The molecule has 0 radical (unpaired) electrons. The third kappa shape index (κ3) is 7.28. The van der Waals surface area contributed by atoms with Crippen LogP contribution in [-0.4, -0.2) is 37.3 Å². The molecule has 10 heteroatoms. The molecular formula is C20H21NO8S. The Kier molecular flexibility index (Phi) is 8.95. The summed E-state index contributed by atoms with van der Waals surface area (Å²) in [6.45, 7) is 0.174. The van der Waals surface area contributed by atoms with Gasteiger partial charge in [-0.3, -0.25) is 0 Å². The molecule has 0 saturated carbocycles. The first-order valence-electron chi connectivity index (χ1n) is 9.04. The van der Waals surface area contributed by atoms with E-state index in [2.05, 4.69) is 17.5 Å². The summed E-state index contributed by atoms with van der Waals surface area (Å²) < 4.78 is 15.7. The SMILES string of the molecule is COc1cc(C(=O)OCCCCCO[N+](=O)[O-])ccc1OC(=O)c1cccc(S)c1. The summed E-state index contributed by atoms with van der Waals surface area (Å²) in [4.78, 5) is 39.3. The average molecular weight is 435 g/mol. The fourth-order valence-electron chi connectivity index (χ4n) is 2.44. The van der Waals surface area contributed by atoms with Crippen molar-refractivity contribution in [2.24, 2.45) is 0 Å². The number of ether oxygens (including phenoxy) is 3. The van der Waals surface area contributed by atoms with Gasteiger partial charge in [-0.1, -0.05) is 6.07 Å². The number of hydrogen-bond acceptors (Lipinski definition) is 9. The molecule has 0 fully saturated rings. The van der Waals surface area contributed by atoms with Crippen molar-refractivity contribution >= 4 is 24.6 Å². The quantitative estimate of drug-likeness (QED) is 0.142. The van der Waals surface area contributed by atoms with Crippen LogP contribution in [0.15, 0.2) is 47.4 Å². The van der Waals surface area contributed by atoms with Gasteiger partial charge in [0.2, 0.25) is 0 Å². The van der Waals surface area contributed by atoms with E-state index in [4.69, 9.17) is 14.2 Å². The van der Waals surface area contributed by atoms with Crippen LogP contribution in [0.1, 0.15) is 40.0 Å². The lowest BCUT2D eigenvalue weighted by atomic mass is 10.2. The van der Waals surface area contributed by atoms with Crippen molar-refractivity contribution in [3.8, 4) is 11.5 Å². The van der Waals surface area contributed by atoms with Gasteiger partial charge >= 0.3 is 11.9 Å². The van der Waals surface area contributed by atoms with Crippen molar-refractivity contribution in [3.63, 3.8) is 0 Å². The maximum Gasteiger partial charge on any atom is 0.343 e. The Labute approximate surface area is 178 Å². The van der Waals surface area contributed by atoms with Crippen molar-refractivity contribution in [3.05, 3.63) is 63.7 Å². The molecule has 2 rings (SSSR count). The number of unbranched alkanes of at least 4 members (excludes halogenated alkanes) is 2. The van der Waals surface area contributed by atoms with Crippen LogP contribution in [0.5, 0.6) is 11.5 Å². The number of esters is 2. The van der Waals surface area contributed by atoms with Crippen LogP contribution in [0, 0.1) is 10.1 Å². The molecular weight excluding hydrogens is 414 g/mol. The van der Waals surface area contributed by atoms with Gasteiger partial charge in [0.05, 0.1) is 31.5 Å². The summed E-state index contributed by atoms with van der Waals surface area (Å²) in [7, 11) is 1.39. The predicted molar refractivity (Wildman–Crippen MR) is 109 cm³/mol. The highest BCUT2D eigenvalue weighted by atomic mass is 32.1. The minimum Gasteiger partial charge on any atom is -0.493 e. The van der Waals surface area contributed by atoms with E-state index >= 15 is 0 Å². The molecule has 0 aliphatic rings. The van der Waals surface area contributed by atoms with Gasteiger partial charge in [0.1, 0.15) is 0 Å². The molecule has 0 saturated heterocycles. The minimum atomic E-state index is -0.841. The van der Waals surface area contributed by atoms with Gasteiger partial charge in [-0.05, 0) is 55.7 Å². The summed E-state index contributed by atoms with van der Waals surface area (Å²) in [5, 5.41) is 9.19. The molecule has 0 aliphatic carbocycles. The zero-order valence-corrected chi connectivity index (χ0v) is 17.1. The van der Waals surface area contributed by atoms with Gasteiger partial charge in [0.25, 0.3) is 5.09 Å². The first kappa shape index (κ1) is 23.0. The van der Waals surface area contributed by atoms with Crippen molar-refractivity contribution in [1.82, 2.24) is 0 Å². The third-order valence-corrected chi connectivity index (χ3v) is 4.18. The number of thiol groups is 1. The van der Waals surface area contributed by atoms with E-state index in [1.54, 1.807) is 24.3 Å². The van der Waals surface area contributed by atoms with Crippen LogP contribution in [0.25, 0.3) is 0 Å². The average Bonchev–Trinajstić information content (AvgIpc) is 2.72. The Morgan fingerprint density at radius 2 is 1.70 bits per heavy atom. The second-order valence-electron chi connectivity index (χ2n) is 6.06. The fraction of sp³-hybridized carbons (Fsp3) is 0.300. The van der Waals surface area contributed by atoms with Crippen LogP contribution in [0.2, 0.25) is 0 Å². The minimum absolute atomic E-state index is 0.0105. The molecule has 9 nitrogen and oxygen atoms in total. The lowest BCUT2D eigenvalue weighted by Crippen LogP contribution is -2.11. The van der Waals surface area contributed by atoms with Gasteiger partial charge in [0.15, 0.2) is 11.5 Å². The second kappa shape index (κ2) is 11.7. The van der Waals surface area contributed by atoms with E-state index in [0.717, 1.165) is 0 Å². The topological polar surface area (TPSA) is 114 Å². The van der Waals surface area contributed by atoms with Gasteiger partial charge < -0.3 is 19.0 Å². The molecule has 0 spiro atoms. The monoisotopic (exact) mass is 435 g/mol. The van der Waals surface area contributed by atoms with Crippen LogP contribution < -0.4 is 9.47 Å². The van der Waals surface area contributed by atoms with Crippen molar-refractivity contribution in [1.29, 1.82) is 0 Å². The molecule has 0 bridgehead atoms. The zero-order valence-electron chi connectivity index (χ0n) is 16.2. The van der Waals surface area contributed by atoms with Crippen LogP contribution in [0.4, 0.5) is 0 Å². The number of nitrogens with zero attached hydrogens (tertiary/aromatic N) is 1. The highest BCUT2D eigenvalue weighted by Crippen LogP contribution is 2.29. The smallest absolute Gasteiger partial charge is 0.343 e.